The number of hydrogen-bond donors (Lipinski definition) is 2. The molecule has 5 aromatic rings. The average molecular weight is 553 g/mol. The van der Waals surface area contributed by atoms with Crippen LogP contribution in [0.1, 0.15) is 5.56 Å². The first-order valence-electron chi connectivity index (χ1n) is 13.0. The molecule has 4 heterocycles. The lowest BCUT2D eigenvalue weighted by Crippen LogP contribution is -2.36. The van der Waals surface area contributed by atoms with Crippen LogP contribution in [0.25, 0.3) is 16.6 Å². The van der Waals surface area contributed by atoms with Crippen LogP contribution in [0, 0.1) is 6.92 Å². The largest absolute Gasteiger partial charge is 0.494 e. The molecule has 12 heteroatoms. The lowest BCUT2D eigenvalue weighted by Gasteiger charge is -2.30. The third-order valence-electron chi connectivity index (χ3n) is 6.78. The maximum absolute atomic E-state index is 12.3. The Morgan fingerprint density at radius 3 is 2.71 bits per heavy atom. The fourth-order valence-electron chi connectivity index (χ4n) is 4.70. The molecule has 0 atom stereocenters. The molecule has 2 aromatic carbocycles. The Morgan fingerprint density at radius 1 is 1.05 bits per heavy atom. The normalized spacial score (nSPS) is 13.3. The minimum Gasteiger partial charge on any atom is -0.494 e. The lowest BCUT2D eigenvalue weighted by molar-refractivity contribution is -0.111. The molecule has 1 fully saturated rings. The summed E-state index contributed by atoms with van der Waals surface area (Å²) in [5.41, 5.74) is 4.47. The van der Waals surface area contributed by atoms with E-state index in [1.807, 2.05) is 43.3 Å². The van der Waals surface area contributed by atoms with Crippen LogP contribution in [-0.2, 0) is 9.53 Å². The highest BCUT2D eigenvalue weighted by molar-refractivity contribution is 6.05. The monoisotopic (exact) mass is 552 g/mol. The van der Waals surface area contributed by atoms with Gasteiger partial charge in [-0.05, 0) is 42.8 Å². The third-order valence-corrected chi connectivity index (χ3v) is 6.78. The van der Waals surface area contributed by atoms with E-state index in [0.29, 0.717) is 66.4 Å². The zero-order chi connectivity index (χ0) is 28.3. The van der Waals surface area contributed by atoms with E-state index in [4.69, 9.17) is 14.2 Å². The second-order valence-electron chi connectivity index (χ2n) is 9.37. The van der Waals surface area contributed by atoms with Crippen LogP contribution in [0.3, 0.4) is 0 Å². The SMILES string of the molecule is C=CC(=O)Nc1cc2c(Nc3cc(C)c(Oc4ccn5ncnc5c4)cc3OC)ncnc2cc1N1CCOCC1. The van der Waals surface area contributed by atoms with Gasteiger partial charge < -0.3 is 29.7 Å². The first kappa shape index (κ1) is 26.0. The number of amides is 1. The van der Waals surface area contributed by atoms with Crippen molar-refractivity contribution in [2.24, 2.45) is 0 Å². The van der Waals surface area contributed by atoms with E-state index in [0.717, 1.165) is 22.2 Å². The van der Waals surface area contributed by atoms with E-state index in [-0.39, 0.29) is 5.91 Å². The molecule has 41 heavy (non-hydrogen) atoms. The number of carbonyl (C=O) groups is 1. The molecule has 0 aliphatic carbocycles. The molecule has 2 N–H and O–H groups in total. The molecule has 0 unspecified atom stereocenters. The number of anilines is 4. The summed E-state index contributed by atoms with van der Waals surface area (Å²) in [6.45, 7) is 8.17. The Labute approximate surface area is 235 Å². The molecule has 1 aliphatic heterocycles. The summed E-state index contributed by atoms with van der Waals surface area (Å²) < 4.78 is 19.1. The predicted octanol–water partition coefficient (Wildman–Crippen LogP) is 4.49. The van der Waals surface area contributed by atoms with Crippen LogP contribution in [0.15, 0.2) is 67.9 Å². The smallest absolute Gasteiger partial charge is 0.247 e. The van der Waals surface area contributed by atoms with Crippen molar-refractivity contribution in [1.29, 1.82) is 0 Å². The Hall–Kier alpha value is -5.23. The van der Waals surface area contributed by atoms with Crippen molar-refractivity contribution in [2.75, 3.05) is 48.9 Å². The number of rotatable bonds is 8. The van der Waals surface area contributed by atoms with E-state index in [1.54, 1.807) is 17.8 Å². The average Bonchev–Trinajstić information content (AvgIpc) is 3.47. The van der Waals surface area contributed by atoms with Gasteiger partial charge in [-0.1, -0.05) is 6.58 Å². The number of nitrogens with zero attached hydrogens (tertiary/aromatic N) is 6. The number of hydrogen-bond acceptors (Lipinski definition) is 10. The molecular weight excluding hydrogens is 524 g/mol. The number of pyridine rings is 1. The van der Waals surface area contributed by atoms with Gasteiger partial charge in [-0.25, -0.2) is 19.5 Å². The van der Waals surface area contributed by atoms with Crippen molar-refractivity contribution in [3.8, 4) is 17.2 Å². The predicted molar refractivity (Wildman–Crippen MR) is 155 cm³/mol. The summed E-state index contributed by atoms with van der Waals surface area (Å²) in [5, 5.41) is 11.2. The number of methoxy groups -OCH3 is 1. The van der Waals surface area contributed by atoms with Gasteiger partial charge in [-0.3, -0.25) is 4.79 Å². The van der Waals surface area contributed by atoms with Gasteiger partial charge in [0.1, 0.15) is 35.7 Å². The minimum atomic E-state index is -0.304. The number of benzene rings is 2. The number of fused-ring (bicyclic) bond motifs is 2. The highest BCUT2D eigenvalue weighted by Crippen LogP contribution is 2.39. The van der Waals surface area contributed by atoms with Crippen LogP contribution in [-0.4, -0.2) is 63.9 Å². The fraction of sp³-hybridized carbons (Fsp3) is 0.207. The Kier molecular flexibility index (Phi) is 7.04. The lowest BCUT2D eigenvalue weighted by atomic mass is 10.1. The summed E-state index contributed by atoms with van der Waals surface area (Å²) in [6.07, 6.45) is 6.03. The van der Waals surface area contributed by atoms with Crippen molar-refractivity contribution >= 4 is 45.3 Å². The first-order chi connectivity index (χ1) is 20.0. The van der Waals surface area contributed by atoms with E-state index in [2.05, 4.69) is 42.2 Å². The zero-order valence-electron chi connectivity index (χ0n) is 22.6. The molecule has 0 spiro atoms. The zero-order valence-corrected chi connectivity index (χ0v) is 22.6. The van der Waals surface area contributed by atoms with E-state index in [1.165, 1.54) is 18.7 Å². The Bertz CT molecular complexity index is 1760. The van der Waals surface area contributed by atoms with Crippen LogP contribution >= 0.6 is 0 Å². The number of carbonyl (C=O) groups excluding carboxylic acids is 1. The van der Waals surface area contributed by atoms with Gasteiger partial charge >= 0.3 is 0 Å². The standard InChI is InChI=1S/C29H28N8O4/c1-4-28(38)34-22-13-20-21(14-24(22)36-7-9-40-10-8-36)30-16-32-29(20)35-23-11-18(2)25(15-26(23)39-3)41-19-5-6-37-27(12-19)31-17-33-37/h4-6,11-17H,1,7-10H2,2-3H3,(H,34,38)(H,30,32,35). The molecule has 3 aromatic heterocycles. The summed E-state index contributed by atoms with van der Waals surface area (Å²) in [7, 11) is 1.59. The number of aryl methyl sites for hydroxylation is 1. The molecule has 12 nitrogen and oxygen atoms in total. The van der Waals surface area contributed by atoms with Gasteiger partial charge in [0.25, 0.3) is 0 Å². The van der Waals surface area contributed by atoms with Gasteiger partial charge in [0, 0.05) is 36.8 Å². The van der Waals surface area contributed by atoms with Crippen LogP contribution in [0.4, 0.5) is 22.9 Å². The van der Waals surface area contributed by atoms with Crippen molar-refractivity contribution < 1.29 is 19.0 Å². The molecular formula is C29H28N8O4. The van der Waals surface area contributed by atoms with Gasteiger partial charge in [0.15, 0.2) is 5.65 Å². The number of nitrogens with one attached hydrogen (secondary N) is 2. The summed E-state index contributed by atoms with van der Waals surface area (Å²) in [6, 6.07) is 11.2. The molecule has 0 saturated carbocycles. The molecule has 1 amide bonds. The topological polar surface area (TPSA) is 128 Å². The van der Waals surface area contributed by atoms with Gasteiger partial charge in [0.2, 0.25) is 5.91 Å². The highest BCUT2D eigenvalue weighted by Gasteiger charge is 2.19. The summed E-state index contributed by atoms with van der Waals surface area (Å²) in [4.78, 5) is 27.7. The van der Waals surface area contributed by atoms with Gasteiger partial charge in [-0.2, -0.15) is 5.10 Å². The van der Waals surface area contributed by atoms with Crippen molar-refractivity contribution in [1.82, 2.24) is 24.6 Å². The van der Waals surface area contributed by atoms with Crippen LogP contribution in [0.5, 0.6) is 17.2 Å². The third kappa shape index (κ3) is 5.32. The summed E-state index contributed by atoms with van der Waals surface area (Å²) in [5.74, 6) is 2.07. The van der Waals surface area contributed by atoms with Crippen molar-refractivity contribution in [2.45, 2.75) is 6.92 Å². The maximum Gasteiger partial charge on any atom is 0.247 e. The second-order valence-corrected chi connectivity index (χ2v) is 9.37. The summed E-state index contributed by atoms with van der Waals surface area (Å²) >= 11 is 0. The molecule has 6 rings (SSSR count). The molecule has 0 bridgehead atoms. The maximum atomic E-state index is 12.3. The highest BCUT2D eigenvalue weighted by atomic mass is 16.5. The first-order valence-corrected chi connectivity index (χ1v) is 13.0. The molecule has 1 saturated heterocycles. The van der Waals surface area contributed by atoms with Gasteiger partial charge in [-0.15, -0.1) is 0 Å². The second kappa shape index (κ2) is 11.1. The van der Waals surface area contributed by atoms with E-state index in [9.17, 15) is 4.79 Å². The number of ether oxygens (including phenoxy) is 3. The van der Waals surface area contributed by atoms with Gasteiger partial charge in [0.05, 0.1) is 42.9 Å². The number of morpholine rings is 1. The van der Waals surface area contributed by atoms with Crippen LogP contribution < -0.4 is 25.0 Å². The van der Waals surface area contributed by atoms with Crippen molar-refractivity contribution in [3.63, 3.8) is 0 Å². The fourth-order valence-corrected chi connectivity index (χ4v) is 4.70. The Balaban J connectivity index is 1.35. The molecule has 0 radical (unpaired) electrons. The Morgan fingerprint density at radius 2 is 1.90 bits per heavy atom. The minimum absolute atomic E-state index is 0.304. The van der Waals surface area contributed by atoms with Crippen molar-refractivity contribution in [3.05, 3.63) is 73.5 Å². The van der Waals surface area contributed by atoms with Crippen LogP contribution in [0.2, 0.25) is 0 Å². The number of aromatic nitrogens is 5. The van der Waals surface area contributed by atoms with E-state index >= 15 is 0 Å². The molecule has 208 valence electrons. The molecule has 1 aliphatic rings. The quantitative estimate of drug-likeness (QED) is 0.266. The van der Waals surface area contributed by atoms with E-state index < -0.39 is 0 Å².